The maximum absolute atomic E-state index is 11.2. The maximum atomic E-state index is 11.2. The summed E-state index contributed by atoms with van der Waals surface area (Å²) in [5.74, 6) is -0.725. The zero-order valence-corrected chi connectivity index (χ0v) is 15.4. The summed E-state index contributed by atoms with van der Waals surface area (Å²) in [6.07, 6.45) is 14.9. The van der Waals surface area contributed by atoms with Crippen LogP contribution in [0.1, 0.15) is 78.1 Å². The molecule has 1 unspecified atom stereocenters. The smallest absolute Gasteiger partial charge is 0.305 e. The summed E-state index contributed by atoms with van der Waals surface area (Å²) < 4.78 is 0. The van der Waals surface area contributed by atoms with Crippen LogP contribution >= 0.6 is 0 Å². The van der Waals surface area contributed by atoms with Crippen LogP contribution in [0, 0.1) is 0 Å². The van der Waals surface area contributed by atoms with Crippen molar-refractivity contribution in [1.29, 1.82) is 0 Å². The minimum atomic E-state index is -0.725. The Morgan fingerprint density at radius 3 is 2.17 bits per heavy atom. The molecule has 4 heteroatoms. The molecule has 0 aromatic carbocycles. The number of carbonyl (C=O) groups is 1. The molecule has 24 heavy (non-hydrogen) atoms. The van der Waals surface area contributed by atoms with Gasteiger partial charge in [0.15, 0.2) is 0 Å². The highest BCUT2D eigenvalue weighted by atomic mass is 16.4. The van der Waals surface area contributed by atoms with E-state index in [4.69, 9.17) is 0 Å². The van der Waals surface area contributed by atoms with Crippen molar-refractivity contribution >= 4 is 11.7 Å². The third kappa shape index (κ3) is 8.32. The average Bonchev–Trinajstić information content (AvgIpc) is 2.59. The topological polar surface area (TPSA) is 53.4 Å². The zero-order chi connectivity index (χ0) is 17.6. The summed E-state index contributed by atoms with van der Waals surface area (Å²) in [7, 11) is 0. The second-order valence-electron chi connectivity index (χ2n) is 6.53. The molecule has 0 saturated heterocycles. The van der Waals surface area contributed by atoms with Gasteiger partial charge in [-0.25, -0.2) is 0 Å². The maximum Gasteiger partial charge on any atom is 0.305 e. The molecule has 0 aliphatic rings. The fraction of sp³-hybridized carbons (Fsp3) is 0.700. The molecule has 1 aromatic rings. The van der Waals surface area contributed by atoms with Crippen molar-refractivity contribution in [2.45, 2.75) is 84.1 Å². The standard InChI is InChI=1S/C20H34N2O2/c1-3-5-6-7-8-9-10-11-16-22(18(4-2)17-20(23)24)19-12-14-21-15-13-19/h12-15,18H,3-11,16-17H2,1-2H3,(H,23,24). The quantitative estimate of drug-likeness (QED) is 0.470. The van der Waals surface area contributed by atoms with E-state index in [0.29, 0.717) is 0 Å². The van der Waals surface area contributed by atoms with E-state index in [2.05, 4.69) is 23.7 Å². The molecule has 136 valence electrons. The Balaban J connectivity index is 2.46. The summed E-state index contributed by atoms with van der Waals surface area (Å²) in [4.78, 5) is 17.5. The lowest BCUT2D eigenvalue weighted by molar-refractivity contribution is -0.137. The molecular formula is C20H34N2O2. The van der Waals surface area contributed by atoms with Gasteiger partial charge in [-0.15, -0.1) is 0 Å². The monoisotopic (exact) mass is 334 g/mol. The van der Waals surface area contributed by atoms with Crippen molar-refractivity contribution in [3.8, 4) is 0 Å². The highest BCUT2D eigenvalue weighted by Gasteiger charge is 2.19. The molecule has 0 aliphatic heterocycles. The molecule has 0 aliphatic carbocycles. The van der Waals surface area contributed by atoms with E-state index >= 15 is 0 Å². The average molecular weight is 335 g/mol. The summed E-state index contributed by atoms with van der Waals surface area (Å²) >= 11 is 0. The summed E-state index contributed by atoms with van der Waals surface area (Å²) in [5, 5.41) is 9.18. The highest BCUT2D eigenvalue weighted by molar-refractivity contribution is 5.68. The second kappa shape index (κ2) is 12.8. The fourth-order valence-electron chi connectivity index (χ4n) is 3.15. The van der Waals surface area contributed by atoms with E-state index < -0.39 is 5.97 Å². The molecule has 0 spiro atoms. The molecule has 1 N–H and O–H groups in total. The molecule has 1 rings (SSSR count). The first-order chi connectivity index (χ1) is 11.7. The number of hydrogen-bond donors (Lipinski definition) is 1. The van der Waals surface area contributed by atoms with Gasteiger partial charge in [0.2, 0.25) is 0 Å². The number of carboxylic acid groups (broad SMARTS) is 1. The molecule has 0 radical (unpaired) electrons. The van der Waals surface area contributed by atoms with Crippen LogP contribution in [0.25, 0.3) is 0 Å². The third-order valence-electron chi connectivity index (χ3n) is 4.57. The number of aliphatic carboxylic acids is 1. The Bertz CT molecular complexity index is 437. The lowest BCUT2D eigenvalue weighted by Crippen LogP contribution is -2.37. The predicted octanol–water partition coefficient (Wildman–Crippen LogP) is 5.28. The molecular weight excluding hydrogens is 300 g/mol. The van der Waals surface area contributed by atoms with Crippen molar-refractivity contribution in [2.24, 2.45) is 0 Å². The van der Waals surface area contributed by atoms with Gasteiger partial charge in [-0.3, -0.25) is 9.78 Å². The Hall–Kier alpha value is -1.58. The first-order valence-electron chi connectivity index (χ1n) is 9.57. The zero-order valence-electron chi connectivity index (χ0n) is 15.4. The van der Waals surface area contributed by atoms with Crippen molar-refractivity contribution in [1.82, 2.24) is 4.98 Å². The van der Waals surface area contributed by atoms with Crippen LogP contribution in [-0.4, -0.2) is 28.6 Å². The third-order valence-corrected chi connectivity index (χ3v) is 4.57. The van der Waals surface area contributed by atoms with Gasteiger partial charge < -0.3 is 10.0 Å². The van der Waals surface area contributed by atoms with Crippen LogP contribution < -0.4 is 4.90 Å². The van der Waals surface area contributed by atoms with Gasteiger partial charge in [-0.2, -0.15) is 0 Å². The van der Waals surface area contributed by atoms with E-state index in [9.17, 15) is 9.90 Å². The highest BCUT2D eigenvalue weighted by Crippen LogP contribution is 2.21. The van der Waals surface area contributed by atoms with E-state index in [0.717, 1.165) is 25.1 Å². The number of carboxylic acids is 1. The van der Waals surface area contributed by atoms with Gasteiger partial charge in [-0.05, 0) is 25.0 Å². The van der Waals surface area contributed by atoms with E-state index in [1.165, 1.54) is 44.9 Å². The molecule has 1 atom stereocenters. The number of hydrogen-bond acceptors (Lipinski definition) is 3. The number of aromatic nitrogens is 1. The normalized spacial score (nSPS) is 12.1. The lowest BCUT2D eigenvalue weighted by atomic mass is 10.1. The van der Waals surface area contributed by atoms with Crippen molar-refractivity contribution in [3.63, 3.8) is 0 Å². The second-order valence-corrected chi connectivity index (χ2v) is 6.53. The Morgan fingerprint density at radius 2 is 1.62 bits per heavy atom. The molecule has 0 saturated carbocycles. The van der Waals surface area contributed by atoms with Crippen LogP contribution in [0.3, 0.4) is 0 Å². The molecule has 1 heterocycles. The number of rotatable bonds is 14. The van der Waals surface area contributed by atoms with Crippen LogP contribution in [0.15, 0.2) is 24.5 Å². The number of anilines is 1. The van der Waals surface area contributed by atoms with Gasteiger partial charge in [0, 0.05) is 30.7 Å². The fourth-order valence-corrected chi connectivity index (χ4v) is 3.15. The predicted molar refractivity (Wildman–Crippen MR) is 101 cm³/mol. The van der Waals surface area contributed by atoms with Crippen LogP contribution in [0.2, 0.25) is 0 Å². The largest absolute Gasteiger partial charge is 0.481 e. The molecule has 0 bridgehead atoms. The summed E-state index contributed by atoms with van der Waals surface area (Å²) in [6, 6.07) is 4.01. The van der Waals surface area contributed by atoms with Crippen molar-refractivity contribution in [3.05, 3.63) is 24.5 Å². The molecule has 4 nitrogen and oxygen atoms in total. The SMILES string of the molecule is CCCCCCCCCCN(c1ccncc1)C(CC)CC(=O)O. The van der Waals surface area contributed by atoms with Gasteiger partial charge in [0.25, 0.3) is 0 Å². The van der Waals surface area contributed by atoms with E-state index in [1.54, 1.807) is 12.4 Å². The minimum Gasteiger partial charge on any atom is -0.481 e. The van der Waals surface area contributed by atoms with E-state index in [1.807, 2.05) is 12.1 Å². The molecule has 0 amide bonds. The van der Waals surface area contributed by atoms with Crippen LogP contribution in [0.4, 0.5) is 5.69 Å². The summed E-state index contributed by atoms with van der Waals surface area (Å²) in [5.41, 5.74) is 1.08. The van der Waals surface area contributed by atoms with E-state index in [-0.39, 0.29) is 12.5 Å². The van der Waals surface area contributed by atoms with Crippen LogP contribution in [0.5, 0.6) is 0 Å². The molecule has 0 fully saturated rings. The minimum absolute atomic E-state index is 0.0504. The Labute approximate surface area is 147 Å². The number of unbranched alkanes of at least 4 members (excludes halogenated alkanes) is 7. The van der Waals surface area contributed by atoms with Gasteiger partial charge in [0.1, 0.15) is 0 Å². The Kier molecular flexibility index (Phi) is 10.9. The number of nitrogens with zero attached hydrogens (tertiary/aromatic N) is 2. The van der Waals surface area contributed by atoms with Crippen molar-refractivity contribution in [2.75, 3.05) is 11.4 Å². The van der Waals surface area contributed by atoms with Gasteiger partial charge in [0.05, 0.1) is 6.42 Å². The number of pyridine rings is 1. The van der Waals surface area contributed by atoms with Gasteiger partial charge >= 0.3 is 5.97 Å². The summed E-state index contributed by atoms with van der Waals surface area (Å²) in [6.45, 7) is 5.23. The Morgan fingerprint density at radius 1 is 1.04 bits per heavy atom. The molecule has 1 aromatic heterocycles. The van der Waals surface area contributed by atoms with Crippen LogP contribution in [-0.2, 0) is 4.79 Å². The first kappa shape index (κ1) is 20.5. The lowest BCUT2D eigenvalue weighted by Gasteiger charge is -2.32. The van der Waals surface area contributed by atoms with Gasteiger partial charge in [-0.1, -0.05) is 58.8 Å². The van der Waals surface area contributed by atoms with Crippen molar-refractivity contribution < 1.29 is 9.90 Å². The first-order valence-corrected chi connectivity index (χ1v) is 9.57.